The lowest BCUT2D eigenvalue weighted by Crippen LogP contribution is -2.34. The van der Waals surface area contributed by atoms with Gasteiger partial charge in [-0.1, -0.05) is 0 Å². The summed E-state index contributed by atoms with van der Waals surface area (Å²) in [5, 5.41) is 2.80. The van der Waals surface area contributed by atoms with Crippen molar-refractivity contribution >= 4 is 11.7 Å². The van der Waals surface area contributed by atoms with Crippen molar-refractivity contribution in [3.05, 3.63) is 24.0 Å². The molecule has 82 valence electrons. The molecule has 0 radical (unpaired) electrons. The Balaban J connectivity index is 2.61. The highest BCUT2D eigenvalue weighted by Gasteiger charge is 2.08. The van der Waals surface area contributed by atoms with E-state index in [9.17, 15) is 4.79 Å². The zero-order valence-electron chi connectivity index (χ0n) is 9.45. The van der Waals surface area contributed by atoms with Gasteiger partial charge in [0.1, 0.15) is 0 Å². The largest absolute Gasteiger partial charge is 0.325 e. The van der Waals surface area contributed by atoms with E-state index in [2.05, 4.69) is 10.3 Å². The number of nitrogens with one attached hydrogen (secondary N) is 1. The van der Waals surface area contributed by atoms with Crippen LogP contribution < -0.4 is 5.32 Å². The van der Waals surface area contributed by atoms with Crippen molar-refractivity contribution in [2.75, 3.05) is 18.4 Å². The molecule has 0 fully saturated rings. The highest BCUT2D eigenvalue weighted by atomic mass is 16.2. The van der Waals surface area contributed by atoms with E-state index in [1.54, 1.807) is 11.1 Å². The number of anilines is 1. The van der Waals surface area contributed by atoms with Gasteiger partial charge in [0.2, 0.25) is 0 Å². The second kappa shape index (κ2) is 5.34. The van der Waals surface area contributed by atoms with Crippen molar-refractivity contribution in [2.24, 2.45) is 0 Å². The maximum atomic E-state index is 11.6. The van der Waals surface area contributed by atoms with Crippen LogP contribution in [0.5, 0.6) is 0 Å². The minimum Gasteiger partial charge on any atom is -0.325 e. The van der Waals surface area contributed by atoms with Crippen molar-refractivity contribution in [1.82, 2.24) is 9.88 Å². The standard InChI is InChI=1S/C11H17N3O/c1-4-14(5-2)11(15)13-10-7-6-9(3)12-8-10/h6-8H,4-5H2,1-3H3,(H,13,15). The maximum Gasteiger partial charge on any atom is 0.321 e. The van der Waals surface area contributed by atoms with E-state index >= 15 is 0 Å². The third kappa shape index (κ3) is 3.23. The monoisotopic (exact) mass is 207 g/mol. The molecule has 0 saturated carbocycles. The van der Waals surface area contributed by atoms with Crippen LogP contribution in [0.4, 0.5) is 10.5 Å². The molecule has 15 heavy (non-hydrogen) atoms. The molecule has 0 saturated heterocycles. The molecule has 0 aliphatic carbocycles. The third-order valence-corrected chi connectivity index (χ3v) is 2.21. The lowest BCUT2D eigenvalue weighted by Gasteiger charge is -2.18. The molecule has 1 aromatic rings. The van der Waals surface area contributed by atoms with E-state index < -0.39 is 0 Å². The second-order valence-corrected chi connectivity index (χ2v) is 3.29. The smallest absolute Gasteiger partial charge is 0.321 e. The first-order valence-corrected chi connectivity index (χ1v) is 5.16. The van der Waals surface area contributed by atoms with Crippen LogP contribution in [0.15, 0.2) is 18.3 Å². The SMILES string of the molecule is CCN(CC)C(=O)Nc1ccc(C)nc1. The van der Waals surface area contributed by atoms with Gasteiger partial charge in [-0.2, -0.15) is 0 Å². The number of aryl methyl sites for hydroxylation is 1. The van der Waals surface area contributed by atoms with Crippen LogP contribution in [-0.2, 0) is 0 Å². The van der Waals surface area contributed by atoms with Crippen LogP contribution in [0.1, 0.15) is 19.5 Å². The van der Waals surface area contributed by atoms with Gasteiger partial charge in [-0.15, -0.1) is 0 Å². The van der Waals surface area contributed by atoms with Gasteiger partial charge in [0.05, 0.1) is 11.9 Å². The van der Waals surface area contributed by atoms with Crippen LogP contribution in [0.25, 0.3) is 0 Å². The van der Waals surface area contributed by atoms with Crippen molar-refractivity contribution in [1.29, 1.82) is 0 Å². The van der Waals surface area contributed by atoms with Crippen LogP contribution in [-0.4, -0.2) is 29.0 Å². The highest BCUT2D eigenvalue weighted by molar-refractivity contribution is 5.89. The van der Waals surface area contributed by atoms with Crippen LogP contribution in [0.2, 0.25) is 0 Å². The number of aromatic nitrogens is 1. The van der Waals surface area contributed by atoms with Gasteiger partial charge in [0, 0.05) is 18.8 Å². The van der Waals surface area contributed by atoms with Crippen molar-refractivity contribution in [2.45, 2.75) is 20.8 Å². The molecule has 0 aliphatic heterocycles. The Hall–Kier alpha value is -1.58. The summed E-state index contributed by atoms with van der Waals surface area (Å²) in [5.41, 5.74) is 1.67. The van der Waals surface area contributed by atoms with Crippen molar-refractivity contribution < 1.29 is 4.79 Å². The molecule has 0 aliphatic rings. The molecule has 1 rings (SSSR count). The third-order valence-electron chi connectivity index (χ3n) is 2.21. The fourth-order valence-corrected chi connectivity index (χ4v) is 1.26. The molecule has 4 heteroatoms. The van der Waals surface area contributed by atoms with Gasteiger partial charge >= 0.3 is 6.03 Å². The molecular weight excluding hydrogens is 190 g/mol. The van der Waals surface area contributed by atoms with Crippen LogP contribution in [0.3, 0.4) is 0 Å². The van der Waals surface area contributed by atoms with Gasteiger partial charge in [-0.05, 0) is 32.9 Å². The average molecular weight is 207 g/mol. The van der Waals surface area contributed by atoms with E-state index in [-0.39, 0.29) is 6.03 Å². The number of nitrogens with zero attached hydrogens (tertiary/aromatic N) is 2. The minimum atomic E-state index is -0.0781. The quantitative estimate of drug-likeness (QED) is 0.826. The Bertz CT molecular complexity index is 317. The molecule has 0 unspecified atom stereocenters. The molecule has 1 heterocycles. The summed E-state index contributed by atoms with van der Waals surface area (Å²) in [6.45, 7) is 7.24. The number of pyridine rings is 1. The van der Waals surface area contributed by atoms with E-state index in [4.69, 9.17) is 0 Å². The van der Waals surface area contributed by atoms with Gasteiger partial charge in [-0.25, -0.2) is 4.79 Å². The molecule has 0 aromatic carbocycles. The number of hydrogen-bond donors (Lipinski definition) is 1. The Kier molecular flexibility index (Phi) is 4.09. The summed E-state index contributed by atoms with van der Waals surface area (Å²) in [6.07, 6.45) is 1.66. The lowest BCUT2D eigenvalue weighted by atomic mass is 10.3. The van der Waals surface area contributed by atoms with E-state index in [0.29, 0.717) is 13.1 Å². The summed E-state index contributed by atoms with van der Waals surface area (Å²) in [7, 11) is 0. The number of hydrogen-bond acceptors (Lipinski definition) is 2. The first kappa shape index (κ1) is 11.5. The molecule has 0 bridgehead atoms. The summed E-state index contributed by atoms with van der Waals surface area (Å²) in [6, 6.07) is 3.65. The van der Waals surface area contributed by atoms with Gasteiger partial charge < -0.3 is 10.2 Å². The summed E-state index contributed by atoms with van der Waals surface area (Å²) >= 11 is 0. The first-order chi connectivity index (χ1) is 7.17. The van der Waals surface area contributed by atoms with Crippen LogP contribution >= 0.6 is 0 Å². The van der Waals surface area contributed by atoms with E-state index in [0.717, 1.165) is 11.4 Å². The predicted octanol–water partition coefficient (Wildman–Crippen LogP) is 2.26. The van der Waals surface area contributed by atoms with E-state index in [1.807, 2.05) is 32.9 Å². The number of rotatable bonds is 3. The van der Waals surface area contributed by atoms with Gasteiger partial charge in [0.15, 0.2) is 0 Å². The number of amides is 2. The zero-order chi connectivity index (χ0) is 11.3. The Morgan fingerprint density at radius 1 is 1.40 bits per heavy atom. The molecule has 1 aromatic heterocycles. The lowest BCUT2D eigenvalue weighted by molar-refractivity contribution is 0.217. The van der Waals surface area contributed by atoms with Crippen LogP contribution in [0, 0.1) is 6.92 Å². The number of carbonyl (C=O) groups is 1. The molecule has 2 amide bonds. The van der Waals surface area contributed by atoms with E-state index in [1.165, 1.54) is 0 Å². The average Bonchev–Trinajstić information content (AvgIpc) is 2.23. The Morgan fingerprint density at radius 3 is 2.53 bits per heavy atom. The van der Waals surface area contributed by atoms with Gasteiger partial charge in [-0.3, -0.25) is 4.98 Å². The number of urea groups is 1. The molecule has 4 nitrogen and oxygen atoms in total. The normalized spacial score (nSPS) is 9.80. The minimum absolute atomic E-state index is 0.0781. The second-order valence-electron chi connectivity index (χ2n) is 3.29. The summed E-state index contributed by atoms with van der Waals surface area (Å²) < 4.78 is 0. The highest BCUT2D eigenvalue weighted by Crippen LogP contribution is 2.06. The fraction of sp³-hybridized carbons (Fsp3) is 0.455. The predicted molar refractivity (Wildman–Crippen MR) is 60.9 cm³/mol. The zero-order valence-corrected chi connectivity index (χ0v) is 9.45. The van der Waals surface area contributed by atoms with Crippen molar-refractivity contribution in [3.8, 4) is 0 Å². The fourth-order valence-electron chi connectivity index (χ4n) is 1.26. The summed E-state index contributed by atoms with van der Waals surface area (Å²) in [4.78, 5) is 17.5. The van der Waals surface area contributed by atoms with Gasteiger partial charge in [0.25, 0.3) is 0 Å². The molecule has 0 atom stereocenters. The topological polar surface area (TPSA) is 45.2 Å². The Morgan fingerprint density at radius 2 is 2.07 bits per heavy atom. The first-order valence-electron chi connectivity index (χ1n) is 5.16. The molecular formula is C11H17N3O. The number of carbonyl (C=O) groups excluding carboxylic acids is 1. The maximum absolute atomic E-state index is 11.6. The Labute approximate surface area is 90.3 Å². The molecule has 0 spiro atoms. The summed E-state index contributed by atoms with van der Waals surface area (Å²) in [5.74, 6) is 0. The molecule has 1 N–H and O–H groups in total. The van der Waals surface area contributed by atoms with Crippen molar-refractivity contribution in [3.63, 3.8) is 0 Å².